The molecule has 0 bridgehead atoms. The van der Waals surface area contributed by atoms with Crippen LogP contribution in [0.15, 0.2) is 24.3 Å². The van der Waals surface area contributed by atoms with Crippen molar-refractivity contribution in [3.63, 3.8) is 0 Å². The van der Waals surface area contributed by atoms with Gasteiger partial charge in [0.05, 0.1) is 0 Å². The van der Waals surface area contributed by atoms with Crippen molar-refractivity contribution in [1.29, 1.82) is 0 Å². The van der Waals surface area contributed by atoms with E-state index < -0.39 is 13.0 Å². The SMILES string of the molecule is NCCCc1ccc(OCC(F)F)cc1. The number of rotatable bonds is 6. The third-order valence-electron chi connectivity index (χ3n) is 1.97. The Labute approximate surface area is 88.0 Å². The zero-order valence-corrected chi connectivity index (χ0v) is 8.46. The molecule has 0 spiro atoms. The van der Waals surface area contributed by atoms with Crippen molar-refractivity contribution >= 4 is 0 Å². The minimum atomic E-state index is -2.43. The molecule has 4 heteroatoms. The summed E-state index contributed by atoms with van der Waals surface area (Å²) in [5.41, 5.74) is 6.52. The highest BCUT2D eigenvalue weighted by atomic mass is 19.3. The fourth-order valence-electron chi connectivity index (χ4n) is 1.22. The van der Waals surface area contributed by atoms with Gasteiger partial charge in [-0.25, -0.2) is 8.78 Å². The summed E-state index contributed by atoms with van der Waals surface area (Å²) in [6, 6.07) is 7.15. The van der Waals surface area contributed by atoms with Crippen LogP contribution in [0.3, 0.4) is 0 Å². The number of benzene rings is 1. The van der Waals surface area contributed by atoms with Gasteiger partial charge in [-0.05, 0) is 37.1 Å². The van der Waals surface area contributed by atoms with E-state index in [-0.39, 0.29) is 0 Å². The van der Waals surface area contributed by atoms with E-state index in [1.165, 1.54) is 0 Å². The molecule has 2 nitrogen and oxygen atoms in total. The molecular formula is C11H15F2NO. The zero-order valence-electron chi connectivity index (χ0n) is 8.46. The molecule has 1 rings (SSSR count). The summed E-state index contributed by atoms with van der Waals surface area (Å²) in [4.78, 5) is 0. The molecule has 15 heavy (non-hydrogen) atoms. The average Bonchev–Trinajstić information content (AvgIpc) is 2.25. The maximum Gasteiger partial charge on any atom is 0.272 e. The van der Waals surface area contributed by atoms with Crippen molar-refractivity contribution in [2.75, 3.05) is 13.2 Å². The minimum Gasteiger partial charge on any atom is -0.488 e. The van der Waals surface area contributed by atoms with Gasteiger partial charge in [-0.2, -0.15) is 0 Å². The van der Waals surface area contributed by atoms with Gasteiger partial charge in [-0.3, -0.25) is 0 Å². The van der Waals surface area contributed by atoms with Gasteiger partial charge < -0.3 is 10.5 Å². The molecule has 0 aliphatic rings. The van der Waals surface area contributed by atoms with Crippen molar-refractivity contribution in [2.24, 2.45) is 5.73 Å². The molecule has 1 aromatic carbocycles. The summed E-state index contributed by atoms with van der Waals surface area (Å²) in [7, 11) is 0. The maximum absolute atomic E-state index is 11.8. The topological polar surface area (TPSA) is 35.2 Å². The quantitative estimate of drug-likeness (QED) is 0.789. The first kappa shape index (κ1) is 11.9. The Kier molecular flexibility index (Phi) is 5.04. The predicted octanol–water partition coefficient (Wildman–Crippen LogP) is 2.22. The van der Waals surface area contributed by atoms with E-state index >= 15 is 0 Å². The van der Waals surface area contributed by atoms with E-state index in [2.05, 4.69) is 0 Å². The number of hydrogen-bond donors (Lipinski definition) is 1. The van der Waals surface area contributed by atoms with Gasteiger partial charge in [0.25, 0.3) is 6.43 Å². The highest BCUT2D eigenvalue weighted by Crippen LogP contribution is 2.13. The molecule has 0 saturated heterocycles. The normalized spacial score (nSPS) is 10.7. The zero-order chi connectivity index (χ0) is 11.1. The Hall–Kier alpha value is -1.16. The monoisotopic (exact) mass is 215 g/mol. The molecule has 0 aromatic heterocycles. The van der Waals surface area contributed by atoms with Crippen LogP contribution in [-0.4, -0.2) is 19.6 Å². The number of ether oxygens (including phenoxy) is 1. The molecule has 2 N–H and O–H groups in total. The van der Waals surface area contributed by atoms with Crippen molar-refractivity contribution in [2.45, 2.75) is 19.3 Å². The van der Waals surface area contributed by atoms with E-state index in [0.717, 1.165) is 18.4 Å². The number of nitrogens with two attached hydrogens (primary N) is 1. The van der Waals surface area contributed by atoms with E-state index in [1.807, 2.05) is 12.1 Å². The summed E-state index contributed by atoms with van der Waals surface area (Å²) in [5.74, 6) is 0.479. The molecular weight excluding hydrogens is 200 g/mol. The summed E-state index contributed by atoms with van der Waals surface area (Å²) >= 11 is 0. The number of aryl methyl sites for hydroxylation is 1. The standard InChI is InChI=1S/C11H15F2NO/c12-11(13)8-15-10-5-3-9(4-6-10)2-1-7-14/h3-6,11H,1-2,7-8,14H2. The first-order valence-electron chi connectivity index (χ1n) is 4.92. The van der Waals surface area contributed by atoms with Crippen LogP contribution in [0.2, 0.25) is 0 Å². The summed E-state index contributed by atoms with van der Waals surface area (Å²) < 4.78 is 28.5. The fourth-order valence-corrected chi connectivity index (χ4v) is 1.22. The summed E-state index contributed by atoms with van der Waals surface area (Å²) in [6.07, 6.45) is -0.593. The Balaban J connectivity index is 2.41. The molecule has 0 radical (unpaired) electrons. The molecule has 84 valence electrons. The number of hydrogen-bond acceptors (Lipinski definition) is 2. The Morgan fingerprint density at radius 1 is 1.20 bits per heavy atom. The maximum atomic E-state index is 11.8. The molecule has 0 heterocycles. The molecule has 0 atom stereocenters. The van der Waals surface area contributed by atoms with Crippen LogP contribution in [0.4, 0.5) is 8.78 Å². The summed E-state index contributed by atoms with van der Waals surface area (Å²) in [5, 5.41) is 0. The Morgan fingerprint density at radius 3 is 2.40 bits per heavy atom. The summed E-state index contributed by atoms with van der Waals surface area (Å²) in [6.45, 7) is 0.103. The van der Waals surface area contributed by atoms with Crippen LogP contribution in [0.25, 0.3) is 0 Å². The van der Waals surface area contributed by atoms with Crippen LogP contribution in [0.1, 0.15) is 12.0 Å². The van der Waals surface area contributed by atoms with Crippen LogP contribution >= 0.6 is 0 Å². The van der Waals surface area contributed by atoms with Gasteiger partial charge in [0.1, 0.15) is 12.4 Å². The third-order valence-corrected chi connectivity index (χ3v) is 1.97. The lowest BCUT2D eigenvalue weighted by molar-refractivity contribution is 0.0819. The van der Waals surface area contributed by atoms with E-state index in [0.29, 0.717) is 12.3 Å². The van der Waals surface area contributed by atoms with Crippen molar-refractivity contribution in [3.05, 3.63) is 29.8 Å². The number of halogens is 2. The Bertz CT molecular complexity index is 274. The Morgan fingerprint density at radius 2 is 1.87 bits per heavy atom. The predicted molar refractivity (Wildman–Crippen MR) is 55.3 cm³/mol. The first-order valence-corrected chi connectivity index (χ1v) is 4.92. The molecule has 0 aliphatic carbocycles. The van der Waals surface area contributed by atoms with E-state index in [4.69, 9.17) is 10.5 Å². The van der Waals surface area contributed by atoms with E-state index in [1.54, 1.807) is 12.1 Å². The molecule has 0 unspecified atom stereocenters. The van der Waals surface area contributed by atoms with Gasteiger partial charge in [-0.1, -0.05) is 12.1 Å². The molecule has 1 aromatic rings. The lowest BCUT2D eigenvalue weighted by Crippen LogP contribution is -2.06. The minimum absolute atomic E-state index is 0.479. The molecule has 0 aliphatic heterocycles. The highest BCUT2D eigenvalue weighted by molar-refractivity contribution is 5.27. The lowest BCUT2D eigenvalue weighted by Gasteiger charge is -2.06. The van der Waals surface area contributed by atoms with Gasteiger partial charge in [0, 0.05) is 0 Å². The molecule has 0 saturated carbocycles. The van der Waals surface area contributed by atoms with Crippen molar-refractivity contribution in [3.8, 4) is 5.75 Å². The second-order valence-corrected chi connectivity index (χ2v) is 3.24. The largest absolute Gasteiger partial charge is 0.488 e. The van der Waals surface area contributed by atoms with Gasteiger partial charge >= 0.3 is 0 Å². The van der Waals surface area contributed by atoms with Crippen molar-refractivity contribution < 1.29 is 13.5 Å². The first-order chi connectivity index (χ1) is 7.22. The second-order valence-electron chi connectivity index (χ2n) is 3.24. The van der Waals surface area contributed by atoms with Gasteiger partial charge in [0.2, 0.25) is 0 Å². The van der Waals surface area contributed by atoms with Gasteiger partial charge in [0.15, 0.2) is 0 Å². The van der Waals surface area contributed by atoms with Gasteiger partial charge in [-0.15, -0.1) is 0 Å². The van der Waals surface area contributed by atoms with Crippen molar-refractivity contribution in [1.82, 2.24) is 0 Å². The van der Waals surface area contributed by atoms with Crippen LogP contribution < -0.4 is 10.5 Å². The lowest BCUT2D eigenvalue weighted by atomic mass is 10.1. The van der Waals surface area contributed by atoms with Crippen LogP contribution in [0, 0.1) is 0 Å². The smallest absolute Gasteiger partial charge is 0.272 e. The average molecular weight is 215 g/mol. The fraction of sp³-hybridized carbons (Fsp3) is 0.455. The second kappa shape index (κ2) is 6.35. The molecule has 0 fully saturated rings. The van der Waals surface area contributed by atoms with E-state index in [9.17, 15) is 8.78 Å². The third kappa shape index (κ3) is 4.74. The molecule has 0 amide bonds. The van der Waals surface area contributed by atoms with Crippen LogP contribution in [-0.2, 0) is 6.42 Å². The highest BCUT2D eigenvalue weighted by Gasteiger charge is 2.03. The number of alkyl halides is 2. The van der Waals surface area contributed by atoms with Crippen LogP contribution in [0.5, 0.6) is 5.75 Å².